The van der Waals surface area contributed by atoms with Gasteiger partial charge in [0, 0.05) is 30.4 Å². The number of hydrogen-bond acceptors (Lipinski definition) is 5. The molecule has 2 aromatic rings. The average Bonchev–Trinajstić information content (AvgIpc) is 3.04. The van der Waals surface area contributed by atoms with Gasteiger partial charge in [-0.2, -0.15) is 0 Å². The molecule has 1 aromatic heterocycles. The number of aromatic nitrogens is 1. The number of amides is 1. The van der Waals surface area contributed by atoms with Crippen LogP contribution in [0.1, 0.15) is 35.7 Å². The van der Waals surface area contributed by atoms with Crippen molar-refractivity contribution in [1.29, 1.82) is 0 Å². The van der Waals surface area contributed by atoms with E-state index in [2.05, 4.69) is 10.3 Å². The molecule has 1 saturated heterocycles. The number of ether oxygens (including phenoxy) is 1. The molecule has 1 aliphatic heterocycles. The first kappa shape index (κ1) is 19.2. The normalized spacial score (nSPS) is 15.5. The molecule has 0 saturated carbocycles. The van der Waals surface area contributed by atoms with E-state index < -0.39 is 10.0 Å². The highest BCUT2D eigenvalue weighted by Gasteiger charge is 2.28. The van der Waals surface area contributed by atoms with Crippen LogP contribution in [0.4, 0.5) is 5.69 Å². The Morgan fingerprint density at radius 2 is 2.15 bits per heavy atom. The van der Waals surface area contributed by atoms with Crippen molar-refractivity contribution in [2.45, 2.75) is 26.3 Å². The van der Waals surface area contributed by atoms with Gasteiger partial charge in [-0.05, 0) is 37.1 Å². The van der Waals surface area contributed by atoms with E-state index in [1.807, 2.05) is 13.0 Å². The second-order valence-electron chi connectivity index (χ2n) is 6.29. The lowest BCUT2D eigenvalue weighted by molar-refractivity contribution is 0.0950. The van der Waals surface area contributed by atoms with E-state index in [-0.39, 0.29) is 18.2 Å². The summed E-state index contributed by atoms with van der Waals surface area (Å²) < 4.78 is 31.1. The standard InChI is InChI=1S/C19H23N3O4S/c1-2-11-26-19-16(7-4-9-20-19)14-21-18(23)15-6-3-8-17(13-15)22-10-5-12-27(22,24)25/h3-4,6-9,13H,2,5,10-12,14H2,1H3,(H,21,23). The predicted molar refractivity (Wildman–Crippen MR) is 103 cm³/mol. The summed E-state index contributed by atoms with van der Waals surface area (Å²) in [5, 5.41) is 2.84. The average molecular weight is 389 g/mol. The molecule has 1 aromatic carbocycles. The highest BCUT2D eigenvalue weighted by Crippen LogP contribution is 2.24. The molecule has 8 heteroatoms. The van der Waals surface area contributed by atoms with Crippen LogP contribution in [0.25, 0.3) is 0 Å². The smallest absolute Gasteiger partial charge is 0.251 e. The van der Waals surface area contributed by atoms with Crippen molar-refractivity contribution in [2.24, 2.45) is 0 Å². The summed E-state index contributed by atoms with van der Waals surface area (Å²) in [6.45, 7) is 3.29. The summed E-state index contributed by atoms with van der Waals surface area (Å²) in [5.74, 6) is 0.376. The maximum atomic E-state index is 12.5. The third kappa shape index (κ3) is 4.57. The SMILES string of the molecule is CCCOc1ncccc1CNC(=O)c1cccc(N2CCCS2(=O)=O)c1. The maximum Gasteiger partial charge on any atom is 0.251 e. The number of pyridine rings is 1. The van der Waals surface area contributed by atoms with Gasteiger partial charge in [0.25, 0.3) is 5.91 Å². The summed E-state index contributed by atoms with van der Waals surface area (Å²) in [6.07, 6.45) is 3.12. The van der Waals surface area contributed by atoms with Crippen LogP contribution in [-0.2, 0) is 16.6 Å². The summed E-state index contributed by atoms with van der Waals surface area (Å²) in [7, 11) is -3.28. The van der Waals surface area contributed by atoms with Crippen LogP contribution in [0.3, 0.4) is 0 Å². The molecule has 7 nitrogen and oxygen atoms in total. The molecule has 1 amide bonds. The number of anilines is 1. The molecule has 0 aliphatic carbocycles. The van der Waals surface area contributed by atoms with Gasteiger partial charge in [0.05, 0.1) is 18.0 Å². The Bertz CT molecular complexity index is 915. The third-order valence-corrected chi connectivity index (χ3v) is 6.10. The van der Waals surface area contributed by atoms with Crippen LogP contribution in [-0.4, -0.2) is 38.2 Å². The quantitative estimate of drug-likeness (QED) is 0.785. The fraction of sp³-hybridized carbons (Fsp3) is 0.368. The van der Waals surface area contributed by atoms with E-state index in [1.54, 1.807) is 36.5 Å². The van der Waals surface area contributed by atoms with Crippen molar-refractivity contribution in [3.05, 3.63) is 53.7 Å². The molecule has 1 N–H and O–H groups in total. The van der Waals surface area contributed by atoms with E-state index in [0.717, 1.165) is 12.0 Å². The Morgan fingerprint density at radius 1 is 1.30 bits per heavy atom. The van der Waals surface area contributed by atoms with E-state index in [4.69, 9.17) is 4.74 Å². The number of carbonyl (C=O) groups is 1. The number of hydrogen-bond donors (Lipinski definition) is 1. The van der Waals surface area contributed by atoms with Gasteiger partial charge in [0.15, 0.2) is 0 Å². The second kappa shape index (κ2) is 8.39. The van der Waals surface area contributed by atoms with E-state index in [1.165, 1.54) is 4.31 Å². The monoisotopic (exact) mass is 389 g/mol. The third-order valence-electron chi connectivity index (χ3n) is 4.23. The molecule has 0 unspecified atom stereocenters. The molecule has 3 rings (SSSR count). The van der Waals surface area contributed by atoms with Crippen molar-refractivity contribution < 1.29 is 17.9 Å². The first-order valence-corrected chi connectivity index (χ1v) is 10.6. The largest absolute Gasteiger partial charge is 0.477 e. The van der Waals surface area contributed by atoms with E-state index in [0.29, 0.717) is 36.7 Å². The fourth-order valence-corrected chi connectivity index (χ4v) is 4.45. The van der Waals surface area contributed by atoms with E-state index >= 15 is 0 Å². The second-order valence-corrected chi connectivity index (χ2v) is 8.30. The zero-order valence-electron chi connectivity index (χ0n) is 15.2. The molecule has 0 radical (unpaired) electrons. The minimum Gasteiger partial charge on any atom is -0.477 e. The summed E-state index contributed by atoms with van der Waals surface area (Å²) in [6, 6.07) is 10.3. The summed E-state index contributed by atoms with van der Waals surface area (Å²) >= 11 is 0. The maximum absolute atomic E-state index is 12.5. The zero-order valence-corrected chi connectivity index (χ0v) is 16.0. The number of carbonyl (C=O) groups excluding carboxylic acids is 1. The minimum atomic E-state index is -3.28. The lowest BCUT2D eigenvalue weighted by Gasteiger charge is -2.17. The molecule has 0 bridgehead atoms. The first-order chi connectivity index (χ1) is 13.0. The van der Waals surface area contributed by atoms with Crippen molar-refractivity contribution in [3.63, 3.8) is 0 Å². The first-order valence-electron chi connectivity index (χ1n) is 8.96. The molecule has 0 atom stereocenters. The number of benzene rings is 1. The van der Waals surface area contributed by atoms with Gasteiger partial charge in [-0.25, -0.2) is 13.4 Å². The highest BCUT2D eigenvalue weighted by molar-refractivity contribution is 7.93. The molecular formula is C19H23N3O4S. The van der Waals surface area contributed by atoms with E-state index in [9.17, 15) is 13.2 Å². The van der Waals surface area contributed by atoms with Gasteiger partial charge in [-0.3, -0.25) is 9.10 Å². The number of nitrogens with one attached hydrogen (secondary N) is 1. The molecule has 2 heterocycles. The predicted octanol–water partition coefficient (Wildman–Crippen LogP) is 2.34. The summed E-state index contributed by atoms with van der Waals surface area (Å²) in [4.78, 5) is 16.7. The minimum absolute atomic E-state index is 0.144. The van der Waals surface area contributed by atoms with Crippen LogP contribution < -0.4 is 14.4 Å². The van der Waals surface area contributed by atoms with Crippen LogP contribution in [0, 0.1) is 0 Å². The highest BCUT2D eigenvalue weighted by atomic mass is 32.2. The number of rotatable bonds is 7. The molecule has 1 aliphatic rings. The van der Waals surface area contributed by atoms with Crippen LogP contribution >= 0.6 is 0 Å². The Kier molecular flexibility index (Phi) is 5.95. The van der Waals surface area contributed by atoms with Crippen LogP contribution in [0.15, 0.2) is 42.6 Å². The van der Waals surface area contributed by atoms with Gasteiger partial charge >= 0.3 is 0 Å². The van der Waals surface area contributed by atoms with Gasteiger partial charge < -0.3 is 10.1 Å². The molecule has 144 valence electrons. The lowest BCUT2D eigenvalue weighted by atomic mass is 10.1. The van der Waals surface area contributed by atoms with Gasteiger partial charge in [0.2, 0.25) is 15.9 Å². The Hall–Kier alpha value is -2.61. The fourth-order valence-electron chi connectivity index (χ4n) is 2.90. The van der Waals surface area contributed by atoms with Crippen LogP contribution in [0.2, 0.25) is 0 Å². The van der Waals surface area contributed by atoms with Crippen molar-refractivity contribution >= 4 is 21.6 Å². The zero-order chi connectivity index (χ0) is 19.3. The van der Waals surface area contributed by atoms with Crippen molar-refractivity contribution in [3.8, 4) is 5.88 Å². The topological polar surface area (TPSA) is 88.6 Å². The number of sulfonamides is 1. The Labute approximate surface area is 159 Å². The van der Waals surface area contributed by atoms with Gasteiger partial charge in [-0.1, -0.05) is 19.1 Å². The molecule has 1 fully saturated rings. The van der Waals surface area contributed by atoms with Crippen molar-refractivity contribution in [1.82, 2.24) is 10.3 Å². The van der Waals surface area contributed by atoms with Crippen molar-refractivity contribution in [2.75, 3.05) is 23.2 Å². The Morgan fingerprint density at radius 3 is 2.89 bits per heavy atom. The molecular weight excluding hydrogens is 366 g/mol. The van der Waals surface area contributed by atoms with Gasteiger partial charge in [0.1, 0.15) is 0 Å². The summed E-state index contributed by atoms with van der Waals surface area (Å²) in [5.41, 5.74) is 1.72. The van der Waals surface area contributed by atoms with Crippen LogP contribution in [0.5, 0.6) is 5.88 Å². The molecule has 27 heavy (non-hydrogen) atoms. The Balaban J connectivity index is 1.70. The number of nitrogens with zero attached hydrogens (tertiary/aromatic N) is 2. The van der Waals surface area contributed by atoms with Gasteiger partial charge in [-0.15, -0.1) is 0 Å². The molecule has 0 spiro atoms. The lowest BCUT2D eigenvalue weighted by Crippen LogP contribution is -2.26.